The Morgan fingerprint density at radius 1 is 1.36 bits per heavy atom. The van der Waals surface area contributed by atoms with Crippen LogP contribution in [0.5, 0.6) is 11.5 Å². The number of nitrogens with zero attached hydrogens (tertiary/aromatic N) is 1. The molecule has 1 aliphatic heterocycles. The van der Waals surface area contributed by atoms with Gasteiger partial charge < -0.3 is 20.1 Å². The van der Waals surface area contributed by atoms with Crippen LogP contribution in [-0.2, 0) is 6.54 Å². The zero-order valence-electron chi connectivity index (χ0n) is 12.2. The van der Waals surface area contributed by atoms with E-state index in [1.54, 1.807) is 6.20 Å². The van der Waals surface area contributed by atoms with E-state index in [-0.39, 0.29) is 12.7 Å². The summed E-state index contributed by atoms with van der Waals surface area (Å²) in [5.41, 5.74) is 1.07. The number of carbonyl (C=O) groups excluding carboxylic acids is 1. The van der Waals surface area contributed by atoms with E-state index < -0.39 is 0 Å². The number of nitrogens with one attached hydrogen (secondary N) is 2. The van der Waals surface area contributed by atoms with Crippen LogP contribution < -0.4 is 20.1 Å². The van der Waals surface area contributed by atoms with E-state index in [0.717, 1.165) is 28.6 Å². The lowest BCUT2D eigenvalue weighted by Gasteiger charge is -2.04. The topological polar surface area (TPSA) is 72.5 Å². The molecule has 1 aromatic heterocycles. The Morgan fingerprint density at radius 3 is 3.09 bits per heavy atom. The van der Waals surface area contributed by atoms with Crippen molar-refractivity contribution in [3.8, 4) is 11.5 Å². The van der Waals surface area contributed by atoms with Crippen LogP contribution in [0.25, 0.3) is 0 Å². The van der Waals surface area contributed by atoms with Gasteiger partial charge in [0.25, 0.3) is 5.91 Å². The van der Waals surface area contributed by atoms with Gasteiger partial charge in [-0.05, 0) is 24.1 Å². The molecular weight excluding hydrogens is 302 g/mol. The van der Waals surface area contributed by atoms with Crippen molar-refractivity contribution in [2.45, 2.75) is 19.9 Å². The van der Waals surface area contributed by atoms with Crippen molar-refractivity contribution in [2.75, 3.05) is 18.7 Å². The van der Waals surface area contributed by atoms with E-state index in [4.69, 9.17) is 9.47 Å². The number of ether oxygens (including phenoxy) is 2. The van der Waals surface area contributed by atoms with Crippen LogP contribution in [0.15, 0.2) is 24.4 Å². The second kappa shape index (κ2) is 6.65. The van der Waals surface area contributed by atoms with E-state index in [1.807, 2.05) is 25.1 Å². The molecule has 0 saturated carbocycles. The lowest BCUT2D eigenvalue weighted by Crippen LogP contribution is -2.22. The molecule has 6 nitrogen and oxygen atoms in total. The highest BCUT2D eigenvalue weighted by molar-refractivity contribution is 7.17. The molecular formula is C15H17N3O3S. The van der Waals surface area contributed by atoms with Gasteiger partial charge in [-0.25, -0.2) is 4.98 Å². The SMILES string of the molecule is CCCNC(=O)c1cnc(NCc2ccc3c(c2)OCO3)s1. The van der Waals surface area contributed by atoms with Crippen LogP contribution in [0.4, 0.5) is 5.13 Å². The molecule has 116 valence electrons. The zero-order valence-corrected chi connectivity index (χ0v) is 13.0. The maximum atomic E-state index is 11.8. The van der Waals surface area contributed by atoms with Crippen LogP contribution >= 0.6 is 11.3 Å². The first-order chi connectivity index (χ1) is 10.8. The molecule has 1 aromatic carbocycles. The van der Waals surface area contributed by atoms with Gasteiger partial charge in [-0.2, -0.15) is 0 Å². The zero-order chi connectivity index (χ0) is 15.4. The highest BCUT2D eigenvalue weighted by Gasteiger charge is 2.13. The fourth-order valence-electron chi connectivity index (χ4n) is 2.02. The van der Waals surface area contributed by atoms with Gasteiger partial charge in [-0.3, -0.25) is 4.79 Å². The molecule has 2 N–H and O–H groups in total. The largest absolute Gasteiger partial charge is 0.454 e. The minimum atomic E-state index is -0.0736. The Kier molecular flexibility index (Phi) is 4.43. The van der Waals surface area contributed by atoms with Crippen molar-refractivity contribution in [3.63, 3.8) is 0 Å². The Bertz CT molecular complexity index is 672. The number of hydrogen-bond donors (Lipinski definition) is 2. The van der Waals surface area contributed by atoms with Gasteiger partial charge in [0.2, 0.25) is 6.79 Å². The van der Waals surface area contributed by atoms with Crippen LogP contribution in [0.3, 0.4) is 0 Å². The summed E-state index contributed by atoms with van der Waals surface area (Å²) in [5, 5.41) is 6.77. The third-order valence-electron chi connectivity index (χ3n) is 3.15. The number of amides is 1. The fraction of sp³-hybridized carbons (Fsp3) is 0.333. The monoisotopic (exact) mass is 319 g/mol. The second-order valence-electron chi connectivity index (χ2n) is 4.83. The van der Waals surface area contributed by atoms with E-state index in [1.165, 1.54) is 11.3 Å². The number of benzene rings is 1. The number of fused-ring (bicyclic) bond motifs is 1. The van der Waals surface area contributed by atoms with Crippen LogP contribution in [0.1, 0.15) is 28.6 Å². The van der Waals surface area contributed by atoms with Gasteiger partial charge in [0, 0.05) is 13.1 Å². The first-order valence-corrected chi connectivity index (χ1v) is 7.94. The molecule has 0 unspecified atom stereocenters. The Labute approximate surface area is 132 Å². The molecule has 0 fully saturated rings. The number of hydrogen-bond acceptors (Lipinski definition) is 6. The highest BCUT2D eigenvalue weighted by Crippen LogP contribution is 2.32. The molecule has 0 atom stereocenters. The number of carbonyl (C=O) groups is 1. The Hall–Kier alpha value is -2.28. The molecule has 2 aromatic rings. The maximum absolute atomic E-state index is 11.8. The summed E-state index contributed by atoms with van der Waals surface area (Å²) in [7, 11) is 0. The van der Waals surface area contributed by atoms with Crippen molar-refractivity contribution in [1.29, 1.82) is 0 Å². The van der Waals surface area contributed by atoms with Gasteiger partial charge in [0.05, 0.1) is 6.20 Å². The van der Waals surface area contributed by atoms with Crippen molar-refractivity contribution in [1.82, 2.24) is 10.3 Å². The first kappa shape index (κ1) is 14.6. The van der Waals surface area contributed by atoms with Crippen LogP contribution in [0.2, 0.25) is 0 Å². The average molecular weight is 319 g/mol. The second-order valence-corrected chi connectivity index (χ2v) is 5.86. The molecule has 0 saturated heterocycles. The Balaban J connectivity index is 1.58. The van der Waals surface area contributed by atoms with Gasteiger partial charge in [-0.15, -0.1) is 0 Å². The molecule has 0 aliphatic carbocycles. The lowest BCUT2D eigenvalue weighted by atomic mass is 10.2. The van der Waals surface area contributed by atoms with Crippen molar-refractivity contribution in [2.24, 2.45) is 0 Å². The van der Waals surface area contributed by atoms with Crippen molar-refractivity contribution in [3.05, 3.63) is 34.8 Å². The summed E-state index contributed by atoms with van der Waals surface area (Å²) in [5.74, 6) is 1.46. The van der Waals surface area contributed by atoms with E-state index >= 15 is 0 Å². The molecule has 2 heterocycles. The van der Waals surface area contributed by atoms with Gasteiger partial charge in [0.1, 0.15) is 4.88 Å². The average Bonchev–Trinajstić information content (AvgIpc) is 3.18. The van der Waals surface area contributed by atoms with Crippen LogP contribution in [-0.4, -0.2) is 24.2 Å². The summed E-state index contributed by atoms with van der Waals surface area (Å²) >= 11 is 1.35. The number of anilines is 1. The predicted molar refractivity (Wildman–Crippen MR) is 84.6 cm³/mol. The van der Waals surface area contributed by atoms with Gasteiger partial charge >= 0.3 is 0 Å². The summed E-state index contributed by atoms with van der Waals surface area (Å²) < 4.78 is 10.6. The van der Waals surface area contributed by atoms with E-state index in [9.17, 15) is 4.79 Å². The summed E-state index contributed by atoms with van der Waals surface area (Å²) in [6.07, 6.45) is 2.51. The predicted octanol–water partition coefficient (Wildman–Crippen LogP) is 2.62. The number of aromatic nitrogens is 1. The maximum Gasteiger partial charge on any atom is 0.263 e. The van der Waals surface area contributed by atoms with E-state index in [0.29, 0.717) is 18.0 Å². The summed E-state index contributed by atoms with van der Waals surface area (Å²) in [4.78, 5) is 16.7. The first-order valence-electron chi connectivity index (χ1n) is 7.12. The minimum Gasteiger partial charge on any atom is -0.454 e. The molecule has 3 rings (SSSR count). The standard InChI is InChI=1S/C15H17N3O3S/c1-2-5-16-14(19)13-8-18-15(22-13)17-7-10-3-4-11-12(6-10)21-9-20-11/h3-4,6,8H,2,5,7,9H2,1H3,(H,16,19)(H,17,18). The minimum absolute atomic E-state index is 0.0736. The molecule has 7 heteroatoms. The molecule has 1 aliphatic rings. The quantitative estimate of drug-likeness (QED) is 0.856. The van der Waals surface area contributed by atoms with Gasteiger partial charge in [-0.1, -0.05) is 24.3 Å². The molecule has 22 heavy (non-hydrogen) atoms. The van der Waals surface area contributed by atoms with E-state index in [2.05, 4.69) is 15.6 Å². The summed E-state index contributed by atoms with van der Waals surface area (Å²) in [6, 6.07) is 5.81. The fourth-order valence-corrected chi connectivity index (χ4v) is 2.74. The third kappa shape index (κ3) is 3.30. The molecule has 0 spiro atoms. The van der Waals surface area contributed by atoms with Gasteiger partial charge in [0.15, 0.2) is 16.6 Å². The molecule has 0 radical (unpaired) electrons. The molecule has 0 bridgehead atoms. The highest BCUT2D eigenvalue weighted by atomic mass is 32.1. The van der Waals surface area contributed by atoms with Crippen molar-refractivity contribution >= 4 is 22.4 Å². The smallest absolute Gasteiger partial charge is 0.263 e. The lowest BCUT2D eigenvalue weighted by molar-refractivity contribution is 0.0957. The van der Waals surface area contributed by atoms with Crippen LogP contribution in [0, 0.1) is 0 Å². The summed E-state index contributed by atoms with van der Waals surface area (Å²) in [6.45, 7) is 3.58. The third-order valence-corrected chi connectivity index (χ3v) is 4.10. The molecule has 1 amide bonds. The Morgan fingerprint density at radius 2 is 2.23 bits per heavy atom. The normalized spacial score (nSPS) is 12.2. The number of thiazole rings is 1. The number of rotatable bonds is 6. The van der Waals surface area contributed by atoms with Crippen molar-refractivity contribution < 1.29 is 14.3 Å².